The van der Waals surface area contributed by atoms with Crippen LogP contribution >= 0.6 is 11.3 Å². The molecule has 0 radical (unpaired) electrons. The second kappa shape index (κ2) is 7.02. The van der Waals surface area contributed by atoms with Gasteiger partial charge in [-0.2, -0.15) is 0 Å². The third-order valence-corrected chi connectivity index (χ3v) is 3.72. The third kappa shape index (κ3) is 3.91. The zero-order valence-corrected chi connectivity index (χ0v) is 12.3. The van der Waals surface area contributed by atoms with Crippen LogP contribution in [0, 0.1) is 17.7 Å². The van der Waals surface area contributed by atoms with Crippen molar-refractivity contribution in [1.82, 2.24) is 4.90 Å². The van der Waals surface area contributed by atoms with Crippen LogP contribution < -0.4 is 0 Å². The molecule has 0 aliphatic heterocycles. The number of aliphatic hydroxyl groups is 1. The molecule has 0 spiro atoms. The summed E-state index contributed by atoms with van der Waals surface area (Å²) in [5, 5.41) is 10.5. The van der Waals surface area contributed by atoms with E-state index in [0.29, 0.717) is 17.0 Å². The van der Waals surface area contributed by atoms with Crippen LogP contribution in [0.15, 0.2) is 35.7 Å². The van der Waals surface area contributed by atoms with Gasteiger partial charge < -0.3 is 10.0 Å². The fourth-order valence-electron chi connectivity index (χ4n) is 1.86. The molecule has 0 fully saturated rings. The molecular weight excluding hydrogens is 289 g/mol. The first kappa shape index (κ1) is 15.2. The van der Waals surface area contributed by atoms with Gasteiger partial charge in [0.25, 0.3) is 5.91 Å². The number of benzene rings is 1. The van der Waals surface area contributed by atoms with E-state index in [1.807, 2.05) is 0 Å². The molecule has 21 heavy (non-hydrogen) atoms. The smallest absolute Gasteiger partial charge is 0.265 e. The van der Waals surface area contributed by atoms with Gasteiger partial charge in [-0.25, -0.2) is 4.39 Å². The van der Waals surface area contributed by atoms with E-state index in [1.165, 1.54) is 28.4 Å². The molecule has 5 heteroatoms. The SMILES string of the molecule is CN(Cc1cccc(F)c1)C(=O)c1sccc1C#CCO. The predicted octanol–water partition coefficient (Wildman–Crippen LogP) is 2.50. The lowest BCUT2D eigenvalue weighted by Gasteiger charge is -2.16. The normalized spacial score (nSPS) is 9.86. The molecule has 2 aromatic rings. The Kier molecular flexibility index (Phi) is 5.09. The molecule has 0 saturated carbocycles. The van der Waals surface area contributed by atoms with Crippen molar-refractivity contribution < 1.29 is 14.3 Å². The number of carbonyl (C=O) groups excluding carboxylic acids is 1. The van der Waals surface area contributed by atoms with Crippen LogP contribution in [0.2, 0.25) is 0 Å². The van der Waals surface area contributed by atoms with Gasteiger partial charge in [0.05, 0.1) is 0 Å². The van der Waals surface area contributed by atoms with Crippen molar-refractivity contribution in [3.63, 3.8) is 0 Å². The van der Waals surface area contributed by atoms with Crippen molar-refractivity contribution in [2.24, 2.45) is 0 Å². The Morgan fingerprint density at radius 2 is 2.24 bits per heavy atom. The van der Waals surface area contributed by atoms with Gasteiger partial charge in [-0.15, -0.1) is 11.3 Å². The minimum atomic E-state index is -0.320. The highest BCUT2D eigenvalue weighted by Crippen LogP contribution is 2.19. The Morgan fingerprint density at radius 3 is 2.95 bits per heavy atom. The molecule has 3 nitrogen and oxygen atoms in total. The Hall–Kier alpha value is -2.16. The lowest BCUT2D eigenvalue weighted by molar-refractivity contribution is 0.0789. The molecule has 1 amide bonds. The van der Waals surface area contributed by atoms with Gasteiger partial charge in [0.1, 0.15) is 17.3 Å². The first-order valence-electron chi connectivity index (χ1n) is 6.29. The van der Waals surface area contributed by atoms with Crippen molar-refractivity contribution in [2.45, 2.75) is 6.54 Å². The molecule has 0 bridgehead atoms. The van der Waals surface area contributed by atoms with Gasteiger partial charge >= 0.3 is 0 Å². The summed E-state index contributed by atoms with van der Waals surface area (Å²) in [6.45, 7) is 0.0734. The Balaban J connectivity index is 2.14. The summed E-state index contributed by atoms with van der Waals surface area (Å²) < 4.78 is 13.2. The van der Waals surface area contributed by atoms with E-state index in [-0.39, 0.29) is 18.3 Å². The standard InChI is InChI=1S/C16H14FNO2S/c1-18(11-12-4-2-6-14(17)10-12)16(20)15-13(5-3-8-19)7-9-21-15/h2,4,6-7,9-10,19H,8,11H2,1H3. The quantitative estimate of drug-likeness (QED) is 0.885. The van der Waals surface area contributed by atoms with Crippen molar-refractivity contribution in [2.75, 3.05) is 13.7 Å². The number of amides is 1. The van der Waals surface area contributed by atoms with E-state index in [9.17, 15) is 9.18 Å². The summed E-state index contributed by atoms with van der Waals surface area (Å²) in [6.07, 6.45) is 0. The summed E-state index contributed by atoms with van der Waals surface area (Å²) in [5.74, 6) is 4.80. The van der Waals surface area contributed by atoms with E-state index in [1.54, 1.807) is 30.6 Å². The minimum Gasteiger partial charge on any atom is -0.384 e. The second-order valence-electron chi connectivity index (χ2n) is 4.41. The van der Waals surface area contributed by atoms with Gasteiger partial charge in [0.2, 0.25) is 0 Å². The molecule has 0 unspecified atom stereocenters. The zero-order chi connectivity index (χ0) is 15.2. The van der Waals surface area contributed by atoms with Crippen LogP contribution in [0.5, 0.6) is 0 Å². The molecule has 108 valence electrons. The lowest BCUT2D eigenvalue weighted by Crippen LogP contribution is -2.26. The van der Waals surface area contributed by atoms with Crippen molar-refractivity contribution in [1.29, 1.82) is 0 Å². The topological polar surface area (TPSA) is 40.5 Å². The van der Waals surface area contributed by atoms with Crippen molar-refractivity contribution >= 4 is 17.2 Å². The van der Waals surface area contributed by atoms with Crippen LogP contribution in [0.1, 0.15) is 20.8 Å². The average molecular weight is 303 g/mol. The van der Waals surface area contributed by atoms with Crippen LogP contribution in [-0.2, 0) is 6.54 Å². The number of aliphatic hydroxyl groups excluding tert-OH is 1. The maximum Gasteiger partial charge on any atom is 0.265 e. The van der Waals surface area contributed by atoms with E-state index < -0.39 is 0 Å². The Bertz CT molecular complexity index is 700. The maximum atomic E-state index is 13.2. The zero-order valence-electron chi connectivity index (χ0n) is 11.5. The number of nitrogens with zero attached hydrogens (tertiary/aromatic N) is 1. The molecule has 1 aromatic carbocycles. The van der Waals surface area contributed by atoms with Crippen LogP contribution in [0.3, 0.4) is 0 Å². The van der Waals surface area contributed by atoms with E-state index in [0.717, 1.165) is 5.56 Å². The Labute approximate surface area is 126 Å². The highest BCUT2D eigenvalue weighted by molar-refractivity contribution is 7.12. The van der Waals surface area contributed by atoms with Gasteiger partial charge in [0, 0.05) is 19.2 Å². The number of hydrogen-bond donors (Lipinski definition) is 1. The highest BCUT2D eigenvalue weighted by Gasteiger charge is 2.17. The average Bonchev–Trinajstić information content (AvgIpc) is 2.92. The minimum absolute atomic E-state index is 0.170. The molecule has 0 aliphatic rings. The van der Waals surface area contributed by atoms with Gasteiger partial charge in [-0.3, -0.25) is 4.79 Å². The number of hydrogen-bond acceptors (Lipinski definition) is 3. The molecular formula is C16H14FNO2S. The van der Waals surface area contributed by atoms with Gasteiger partial charge in [0.15, 0.2) is 0 Å². The van der Waals surface area contributed by atoms with Crippen LogP contribution in [0.4, 0.5) is 4.39 Å². The summed E-state index contributed by atoms with van der Waals surface area (Å²) >= 11 is 1.30. The number of thiophene rings is 1. The summed E-state index contributed by atoms with van der Waals surface area (Å²) in [6, 6.07) is 7.91. The largest absolute Gasteiger partial charge is 0.384 e. The molecule has 1 heterocycles. The predicted molar refractivity (Wildman–Crippen MR) is 80.5 cm³/mol. The van der Waals surface area contributed by atoms with Crippen LogP contribution in [0.25, 0.3) is 0 Å². The Morgan fingerprint density at radius 1 is 1.43 bits per heavy atom. The molecule has 0 aliphatic carbocycles. The monoisotopic (exact) mass is 303 g/mol. The lowest BCUT2D eigenvalue weighted by atomic mass is 10.2. The van der Waals surface area contributed by atoms with Crippen LogP contribution in [-0.4, -0.2) is 29.6 Å². The van der Waals surface area contributed by atoms with Gasteiger partial charge in [-0.05, 0) is 29.1 Å². The first-order chi connectivity index (χ1) is 10.1. The second-order valence-corrected chi connectivity index (χ2v) is 5.33. The van der Waals surface area contributed by atoms with Crippen molar-refractivity contribution in [3.05, 3.63) is 57.5 Å². The van der Waals surface area contributed by atoms with E-state index in [4.69, 9.17) is 5.11 Å². The molecule has 0 saturated heterocycles. The molecule has 2 rings (SSSR count). The maximum absolute atomic E-state index is 13.2. The molecule has 0 atom stereocenters. The number of carbonyl (C=O) groups is 1. The van der Waals surface area contributed by atoms with Gasteiger partial charge in [-0.1, -0.05) is 24.0 Å². The fourth-order valence-corrected chi connectivity index (χ4v) is 2.71. The number of rotatable bonds is 3. The molecule has 1 N–H and O–H groups in total. The summed E-state index contributed by atoms with van der Waals surface area (Å²) in [7, 11) is 1.66. The highest BCUT2D eigenvalue weighted by atomic mass is 32.1. The molecule has 1 aromatic heterocycles. The van der Waals surface area contributed by atoms with E-state index >= 15 is 0 Å². The first-order valence-corrected chi connectivity index (χ1v) is 7.17. The third-order valence-electron chi connectivity index (χ3n) is 2.82. The van der Waals surface area contributed by atoms with Crippen molar-refractivity contribution in [3.8, 4) is 11.8 Å². The summed E-state index contributed by atoms with van der Waals surface area (Å²) in [4.78, 5) is 14.4. The number of halogens is 1. The van der Waals surface area contributed by atoms with E-state index in [2.05, 4.69) is 11.8 Å². The fraction of sp³-hybridized carbons (Fsp3) is 0.188. The summed E-state index contributed by atoms with van der Waals surface area (Å²) in [5.41, 5.74) is 1.33.